The molecule has 0 saturated carbocycles. The van der Waals surface area contributed by atoms with E-state index in [2.05, 4.69) is 4.98 Å². The van der Waals surface area contributed by atoms with Crippen molar-refractivity contribution in [2.45, 2.75) is 0 Å². The SMILES string of the molecule is Cn1cccc1C(=O)c1ccncc1. The predicted molar refractivity (Wildman–Crippen MR) is 53.1 cm³/mol. The Kier molecular flexibility index (Phi) is 2.14. The second kappa shape index (κ2) is 3.46. The van der Waals surface area contributed by atoms with Gasteiger partial charge >= 0.3 is 0 Å². The van der Waals surface area contributed by atoms with Crippen molar-refractivity contribution in [3.63, 3.8) is 0 Å². The van der Waals surface area contributed by atoms with Crippen LogP contribution in [-0.4, -0.2) is 15.3 Å². The summed E-state index contributed by atoms with van der Waals surface area (Å²) in [5.74, 6) is 0.0277. The number of aryl methyl sites for hydroxylation is 1. The molecule has 2 rings (SSSR count). The monoisotopic (exact) mass is 186 g/mol. The Balaban J connectivity index is 2.39. The van der Waals surface area contributed by atoms with Crippen LogP contribution >= 0.6 is 0 Å². The summed E-state index contributed by atoms with van der Waals surface area (Å²) in [6.45, 7) is 0. The van der Waals surface area contributed by atoms with Gasteiger partial charge in [0.1, 0.15) is 0 Å². The lowest BCUT2D eigenvalue weighted by Gasteiger charge is -2.01. The average Bonchev–Trinajstić information content (AvgIpc) is 2.65. The molecule has 0 bridgehead atoms. The molecule has 3 nitrogen and oxygen atoms in total. The molecule has 0 radical (unpaired) electrons. The highest BCUT2D eigenvalue weighted by molar-refractivity contribution is 6.07. The fraction of sp³-hybridized carbons (Fsp3) is 0.0909. The number of carbonyl (C=O) groups is 1. The molecule has 0 atom stereocenters. The first kappa shape index (κ1) is 8.69. The van der Waals surface area contributed by atoms with Gasteiger partial charge in [0, 0.05) is 31.2 Å². The summed E-state index contributed by atoms with van der Waals surface area (Å²) < 4.78 is 1.81. The van der Waals surface area contributed by atoms with Crippen molar-refractivity contribution in [2.75, 3.05) is 0 Å². The number of hydrogen-bond acceptors (Lipinski definition) is 2. The van der Waals surface area contributed by atoms with Gasteiger partial charge in [0.2, 0.25) is 5.78 Å². The van der Waals surface area contributed by atoms with E-state index in [1.807, 2.05) is 29.9 Å². The fourth-order valence-electron chi connectivity index (χ4n) is 1.35. The quantitative estimate of drug-likeness (QED) is 0.668. The smallest absolute Gasteiger partial charge is 0.209 e. The van der Waals surface area contributed by atoms with Crippen LogP contribution in [0, 0.1) is 0 Å². The van der Waals surface area contributed by atoms with Crippen molar-refractivity contribution in [3.8, 4) is 0 Å². The van der Waals surface area contributed by atoms with Crippen molar-refractivity contribution in [2.24, 2.45) is 7.05 Å². The second-order valence-corrected chi connectivity index (χ2v) is 3.07. The maximum absolute atomic E-state index is 11.9. The van der Waals surface area contributed by atoms with Gasteiger partial charge < -0.3 is 4.57 Å². The topological polar surface area (TPSA) is 34.9 Å². The molecule has 0 aliphatic heterocycles. The van der Waals surface area contributed by atoms with Crippen LogP contribution in [0.25, 0.3) is 0 Å². The van der Waals surface area contributed by atoms with Gasteiger partial charge in [-0.05, 0) is 24.3 Å². The molecule has 0 unspecified atom stereocenters. The van der Waals surface area contributed by atoms with Gasteiger partial charge in [-0.15, -0.1) is 0 Å². The zero-order chi connectivity index (χ0) is 9.97. The Morgan fingerprint density at radius 1 is 1.29 bits per heavy atom. The van der Waals surface area contributed by atoms with E-state index in [0.717, 1.165) is 0 Å². The van der Waals surface area contributed by atoms with Crippen LogP contribution in [0.1, 0.15) is 16.1 Å². The van der Waals surface area contributed by atoms with Crippen LogP contribution in [0.4, 0.5) is 0 Å². The second-order valence-electron chi connectivity index (χ2n) is 3.07. The first-order chi connectivity index (χ1) is 6.79. The van der Waals surface area contributed by atoms with Gasteiger partial charge in [-0.2, -0.15) is 0 Å². The molecule has 0 saturated heterocycles. The third-order valence-corrected chi connectivity index (χ3v) is 2.12. The van der Waals surface area contributed by atoms with Crippen LogP contribution < -0.4 is 0 Å². The molecular formula is C11H10N2O. The number of nitrogens with zero attached hydrogens (tertiary/aromatic N) is 2. The summed E-state index contributed by atoms with van der Waals surface area (Å²) in [5, 5.41) is 0. The summed E-state index contributed by atoms with van der Waals surface area (Å²) in [5.41, 5.74) is 1.36. The van der Waals surface area contributed by atoms with Gasteiger partial charge in [-0.1, -0.05) is 0 Å². The Labute approximate surface area is 82.0 Å². The third-order valence-electron chi connectivity index (χ3n) is 2.12. The molecule has 70 valence electrons. The van der Waals surface area contributed by atoms with E-state index in [1.165, 1.54) is 0 Å². The largest absolute Gasteiger partial charge is 0.348 e. The fourth-order valence-corrected chi connectivity index (χ4v) is 1.35. The molecule has 0 aromatic carbocycles. The van der Waals surface area contributed by atoms with E-state index in [1.54, 1.807) is 24.5 Å². The average molecular weight is 186 g/mol. The molecular weight excluding hydrogens is 176 g/mol. The van der Waals surface area contributed by atoms with Gasteiger partial charge in [0.15, 0.2) is 0 Å². The maximum Gasteiger partial charge on any atom is 0.209 e. The minimum atomic E-state index is 0.0277. The van der Waals surface area contributed by atoms with Crippen molar-refractivity contribution < 1.29 is 4.79 Å². The molecule has 0 aliphatic carbocycles. The van der Waals surface area contributed by atoms with E-state index in [4.69, 9.17) is 0 Å². The number of rotatable bonds is 2. The van der Waals surface area contributed by atoms with Gasteiger partial charge in [0.25, 0.3) is 0 Å². The van der Waals surface area contributed by atoms with Gasteiger partial charge in [-0.25, -0.2) is 0 Å². The molecule has 0 amide bonds. The Hall–Kier alpha value is -1.90. The third kappa shape index (κ3) is 1.44. The summed E-state index contributed by atoms with van der Waals surface area (Å²) in [4.78, 5) is 15.8. The summed E-state index contributed by atoms with van der Waals surface area (Å²) in [7, 11) is 1.86. The van der Waals surface area contributed by atoms with E-state index >= 15 is 0 Å². The van der Waals surface area contributed by atoms with Crippen LogP contribution in [0.5, 0.6) is 0 Å². The number of carbonyl (C=O) groups excluding carboxylic acids is 1. The minimum Gasteiger partial charge on any atom is -0.348 e. The van der Waals surface area contributed by atoms with Crippen LogP contribution in [0.2, 0.25) is 0 Å². The Bertz CT molecular complexity index is 445. The highest BCUT2D eigenvalue weighted by Gasteiger charge is 2.10. The lowest BCUT2D eigenvalue weighted by atomic mass is 10.1. The molecule has 0 spiro atoms. The highest BCUT2D eigenvalue weighted by Crippen LogP contribution is 2.08. The molecule has 2 heterocycles. The van der Waals surface area contributed by atoms with E-state index in [0.29, 0.717) is 11.3 Å². The molecule has 0 fully saturated rings. The number of ketones is 1. The van der Waals surface area contributed by atoms with Crippen molar-refractivity contribution in [1.82, 2.24) is 9.55 Å². The Morgan fingerprint density at radius 3 is 2.57 bits per heavy atom. The number of pyridine rings is 1. The van der Waals surface area contributed by atoms with Crippen LogP contribution in [0.3, 0.4) is 0 Å². The lowest BCUT2D eigenvalue weighted by Crippen LogP contribution is -2.06. The normalized spacial score (nSPS) is 10.1. The van der Waals surface area contributed by atoms with E-state index < -0.39 is 0 Å². The van der Waals surface area contributed by atoms with Crippen LogP contribution in [0.15, 0.2) is 42.9 Å². The van der Waals surface area contributed by atoms with Gasteiger partial charge in [0.05, 0.1) is 5.69 Å². The lowest BCUT2D eigenvalue weighted by molar-refractivity contribution is 0.103. The van der Waals surface area contributed by atoms with Crippen molar-refractivity contribution in [1.29, 1.82) is 0 Å². The van der Waals surface area contributed by atoms with E-state index in [-0.39, 0.29) is 5.78 Å². The minimum absolute atomic E-state index is 0.0277. The summed E-state index contributed by atoms with van der Waals surface area (Å²) in [6, 6.07) is 7.10. The molecule has 0 N–H and O–H groups in total. The molecule has 2 aromatic rings. The molecule has 2 aromatic heterocycles. The summed E-state index contributed by atoms with van der Waals surface area (Å²) >= 11 is 0. The van der Waals surface area contributed by atoms with Crippen molar-refractivity contribution in [3.05, 3.63) is 54.1 Å². The van der Waals surface area contributed by atoms with Crippen molar-refractivity contribution >= 4 is 5.78 Å². The van der Waals surface area contributed by atoms with Crippen LogP contribution in [-0.2, 0) is 7.05 Å². The standard InChI is InChI=1S/C11H10N2O/c1-13-8-2-3-10(13)11(14)9-4-6-12-7-5-9/h2-8H,1H3. The molecule has 3 heteroatoms. The molecule has 0 aliphatic rings. The number of hydrogen-bond donors (Lipinski definition) is 0. The zero-order valence-electron chi connectivity index (χ0n) is 7.84. The number of aromatic nitrogens is 2. The zero-order valence-corrected chi connectivity index (χ0v) is 7.84. The van der Waals surface area contributed by atoms with Gasteiger partial charge in [-0.3, -0.25) is 9.78 Å². The first-order valence-electron chi connectivity index (χ1n) is 4.35. The molecule has 14 heavy (non-hydrogen) atoms. The van der Waals surface area contributed by atoms with E-state index in [9.17, 15) is 4.79 Å². The maximum atomic E-state index is 11.9. The first-order valence-corrected chi connectivity index (χ1v) is 4.35. The predicted octanol–water partition coefficient (Wildman–Crippen LogP) is 1.65. The Morgan fingerprint density at radius 2 is 2.00 bits per heavy atom. The summed E-state index contributed by atoms with van der Waals surface area (Å²) in [6.07, 6.45) is 5.10. The highest BCUT2D eigenvalue weighted by atomic mass is 16.1.